The summed E-state index contributed by atoms with van der Waals surface area (Å²) in [6.45, 7) is 3.37. The highest BCUT2D eigenvalue weighted by Gasteiger charge is 2.31. The van der Waals surface area contributed by atoms with Crippen LogP contribution in [0.3, 0.4) is 0 Å². The summed E-state index contributed by atoms with van der Waals surface area (Å²) in [4.78, 5) is 23.6. The third kappa shape index (κ3) is 3.35. The van der Waals surface area contributed by atoms with Gasteiger partial charge in [0.25, 0.3) is 0 Å². The first-order valence-corrected chi connectivity index (χ1v) is 9.79. The molecule has 0 spiro atoms. The van der Waals surface area contributed by atoms with Crippen LogP contribution < -0.4 is 9.64 Å². The minimum Gasteiger partial charge on any atom is -0.497 e. The van der Waals surface area contributed by atoms with Crippen molar-refractivity contribution < 1.29 is 14.6 Å². The van der Waals surface area contributed by atoms with Gasteiger partial charge in [0.05, 0.1) is 18.4 Å². The van der Waals surface area contributed by atoms with Gasteiger partial charge in [-0.2, -0.15) is 0 Å². The van der Waals surface area contributed by atoms with Gasteiger partial charge in [-0.25, -0.2) is 9.97 Å². The summed E-state index contributed by atoms with van der Waals surface area (Å²) in [7, 11) is 1.65. The topological polar surface area (TPSA) is 75.6 Å². The monoisotopic (exact) mass is 383 g/mol. The molecule has 0 bridgehead atoms. The molecule has 1 saturated heterocycles. The third-order valence-electron chi connectivity index (χ3n) is 5.06. The molecule has 0 radical (unpaired) electrons. The first kappa shape index (κ1) is 17.7. The van der Waals surface area contributed by atoms with E-state index < -0.39 is 5.97 Å². The Morgan fingerprint density at radius 2 is 2.04 bits per heavy atom. The lowest BCUT2D eigenvalue weighted by Crippen LogP contribution is -2.43. The molecule has 6 nitrogen and oxygen atoms in total. The Hall–Kier alpha value is -2.67. The lowest BCUT2D eigenvalue weighted by Gasteiger charge is -2.35. The molecule has 140 valence electrons. The standard InChI is InChI=1S/C20H21N3O3S/c1-12-7-14(20(24)25)9-23(8-12)18-17-16(10-27-19(17)22-11-21-18)13-3-5-15(26-2)6-4-13/h3-6,10-12,14H,7-9H2,1-2H3,(H,24,25). The molecular weight excluding hydrogens is 362 g/mol. The van der Waals surface area contributed by atoms with Crippen molar-refractivity contribution in [1.82, 2.24) is 9.97 Å². The smallest absolute Gasteiger partial charge is 0.308 e. The van der Waals surface area contributed by atoms with E-state index in [0.717, 1.165) is 39.5 Å². The molecule has 1 aromatic carbocycles. The minimum absolute atomic E-state index is 0.299. The molecule has 2 atom stereocenters. The van der Waals surface area contributed by atoms with E-state index in [1.54, 1.807) is 24.8 Å². The zero-order valence-electron chi connectivity index (χ0n) is 15.3. The van der Waals surface area contributed by atoms with Crippen molar-refractivity contribution in [2.24, 2.45) is 11.8 Å². The van der Waals surface area contributed by atoms with Crippen molar-refractivity contribution in [2.75, 3.05) is 25.1 Å². The van der Waals surface area contributed by atoms with Crippen LogP contribution in [0.15, 0.2) is 36.0 Å². The first-order valence-electron chi connectivity index (χ1n) is 8.91. The Morgan fingerprint density at radius 3 is 2.74 bits per heavy atom. The summed E-state index contributed by atoms with van der Waals surface area (Å²) in [5.74, 6) is 0.820. The fourth-order valence-electron chi connectivity index (χ4n) is 3.79. The van der Waals surface area contributed by atoms with Crippen LogP contribution in [0.1, 0.15) is 13.3 Å². The number of carbonyl (C=O) groups is 1. The van der Waals surface area contributed by atoms with Crippen LogP contribution in [0.5, 0.6) is 5.75 Å². The van der Waals surface area contributed by atoms with Gasteiger partial charge in [0, 0.05) is 24.0 Å². The maximum absolute atomic E-state index is 11.6. The molecule has 0 amide bonds. The number of benzene rings is 1. The molecule has 1 aliphatic heterocycles. The molecule has 0 aliphatic carbocycles. The molecule has 2 unspecified atom stereocenters. The number of fused-ring (bicyclic) bond motifs is 1. The Kier molecular flexibility index (Phi) is 4.70. The second-order valence-corrected chi connectivity index (χ2v) is 7.89. The predicted molar refractivity (Wildman–Crippen MR) is 107 cm³/mol. The maximum Gasteiger partial charge on any atom is 0.308 e. The minimum atomic E-state index is -0.738. The molecule has 2 aromatic heterocycles. The fourth-order valence-corrected chi connectivity index (χ4v) is 4.70. The summed E-state index contributed by atoms with van der Waals surface area (Å²) >= 11 is 1.58. The van der Waals surface area contributed by atoms with Crippen molar-refractivity contribution in [2.45, 2.75) is 13.3 Å². The number of piperidine rings is 1. The van der Waals surface area contributed by atoms with E-state index in [1.165, 1.54) is 0 Å². The number of aromatic nitrogens is 2. The van der Waals surface area contributed by atoms with Crippen LogP contribution in [0.4, 0.5) is 5.82 Å². The Morgan fingerprint density at radius 1 is 1.26 bits per heavy atom. The van der Waals surface area contributed by atoms with Gasteiger partial charge in [0.1, 0.15) is 22.7 Å². The zero-order chi connectivity index (χ0) is 19.0. The van der Waals surface area contributed by atoms with Gasteiger partial charge in [0.2, 0.25) is 0 Å². The van der Waals surface area contributed by atoms with Gasteiger partial charge >= 0.3 is 5.97 Å². The Labute approximate surface area is 161 Å². The van der Waals surface area contributed by atoms with Crippen LogP contribution in [0, 0.1) is 11.8 Å². The number of methoxy groups -OCH3 is 1. The summed E-state index contributed by atoms with van der Waals surface area (Å²) in [6.07, 6.45) is 2.27. The number of nitrogens with zero attached hydrogens (tertiary/aromatic N) is 3. The van der Waals surface area contributed by atoms with Crippen molar-refractivity contribution in [3.63, 3.8) is 0 Å². The van der Waals surface area contributed by atoms with Crippen molar-refractivity contribution in [3.05, 3.63) is 36.0 Å². The number of hydrogen-bond donors (Lipinski definition) is 1. The van der Waals surface area contributed by atoms with Gasteiger partial charge in [0.15, 0.2) is 0 Å². The summed E-state index contributed by atoms with van der Waals surface area (Å²) in [5.41, 5.74) is 2.14. The second kappa shape index (κ2) is 7.15. The summed E-state index contributed by atoms with van der Waals surface area (Å²) in [5, 5.41) is 12.6. The van der Waals surface area contributed by atoms with Gasteiger partial charge in [-0.3, -0.25) is 4.79 Å². The zero-order valence-corrected chi connectivity index (χ0v) is 16.1. The molecule has 7 heteroatoms. The number of rotatable bonds is 4. The highest BCUT2D eigenvalue weighted by Crippen LogP contribution is 2.39. The van der Waals surface area contributed by atoms with Crippen molar-refractivity contribution >= 4 is 33.3 Å². The average molecular weight is 383 g/mol. The van der Waals surface area contributed by atoms with Gasteiger partial charge in [-0.05, 0) is 30.0 Å². The number of hydrogen-bond acceptors (Lipinski definition) is 6. The van der Waals surface area contributed by atoms with Gasteiger partial charge < -0.3 is 14.7 Å². The molecule has 1 aliphatic rings. The average Bonchev–Trinajstić information content (AvgIpc) is 3.11. The molecular formula is C20H21N3O3S. The van der Waals surface area contributed by atoms with Crippen LogP contribution in [-0.2, 0) is 4.79 Å². The van der Waals surface area contributed by atoms with E-state index >= 15 is 0 Å². The fraction of sp³-hybridized carbons (Fsp3) is 0.350. The number of aliphatic carboxylic acids is 1. The molecule has 1 fully saturated rings. The SMILES string of the molecule is COc1ccc(-c2csc3ncnc(N4CC(C)CC(C(=O)O)C4)c23)cc1. The Bertz CT molecular complexity index is 970. The summed E-state index contributed by atoms with van der Waals surface area (Å²) < 4.78 is 5.25. The first-order chi connectivity index (χ1) is 13.1. The largest absolute Gasteiger partial charge is 0.497 e. The van der Waals surface area contributed by atoms with E-state index in [-0.39, 0.29) is 5.92 Å². The second-order valence-electron chi connectivity index (χ2n) is 7.04. The highest BCUT2D eigenvalue weighted by atomic mass is 32.1. The number of thiophene rings is 1. The van der Waals surface area contributed by atoms with Crippen LogP contribution in [0.25, 0.3) is 21.3 Å². The number of ether oxygens (including phenoxy) is 1. The normalized spacial score (nSPS) is 20.0. The highest BCUT2D eigenvalue weighted by molar-refractivity contribution is 7.17. The number of anilines is 1. The van der Waals surface area contributed by atoms with E-state index in [2.05, 4.69) is 27.2 Å². The molecule has 0 saturated carbocycles. The molecule has 3 aromatic rings. The molecule has 1 N–H and O–H groups in total. The lowest BCUT2D eigenvalue weighted by atomic mass is 9.90. The van der Waals surface area contributed by atoms with E-state index in [1.807, 2.05) is 24.3 Å². The van der Waals surface area contributed by atoms with E-state index in [9.17, 15) is 9.90 Å². The molecule has 3 heterocycles. The Balaban J connectivity index is 1.79. The van der Waals surface area contributed by atoms with Crippen molar-refractivity contribution in [3.8, 4) is 16.9 Å². The summed E-state index contributed by atoms with van der Waals surface area (Å²) in [6, 6.07) is 7.92. The van der Waals surface area contributed by atoms with E-state index in [0.29, 0.717) is 18.9 Å². The van der Waals surface area contributed by atoms with Gasteiger partial charge in [-0.15, -0.1) is 11.3 Å². The lowest BCUT2D eigenvalue weighted by molar-refractivity contribution is -0.142. The van der Waals surface area contributed by atoms with Crippen molar-refractivity contribution in [1.29, 1.82) is 0 Å². The third-order valence-corrected chi connectivity index (χ3v) is 5.95. The van der Waals surface area contributed by atoms with Crippen LogP contribution in [-0.4, -0.2) is 41.2 Å². The number of carboxylic acids is 1. The quantitative estimate of drug-likeness (QED) is 0.736. The van der Waals surface area contributed by atoms with Crippen LogP contribution in [0.2, 0.25) is 0 Å². The number of carboxylic acid groups (broad SMARTS) is 1. The maximum atomic E-state index is 11.6. The van der Waals surface area contributed by atoms with E-state index in [4.69, 9.17) is 4.74 Å². The van der Waals surface area contributed by atoms with Crippen LogP contribution >= 0.6 is 11.3 Å². The molecule has 4 rings (SSSR count). The predicted octanol–water partition coefficient (Wildman–Crippen LogP) is 3.91. The molecule has 27 heavy (non-hydrogen) atoms. The van der Waals surface area contributed by atoms with Gasteiger partial charge in [-0.1, -0.05) is 19.1 Å².